The molecule has 0 unspecified atom stereocenters. The number of nitrogen functional groups attached to an aromatic ring is 1. The van der Waals surface area contributed by atoms with Crippen molar-refractivity contribution in [2.24, 2.45) is 0 Å². The highest BCUT2D eigenvalue weighted by atomic mass is 16.5. The van der Waals surface area contributed by atoms with Crippen molar-refractivity contribution in [3.63, 3.8) is 0 Å². The van der Waals surface area contributed by atoms with Crippen molar-refractivity contribution in [1.82, 2.24) is 9.88 Å². The molecule has 2 N–H and O–H groups in total. The van der Waals surface area contributed by atoms with Crippen LogP contribution in [0.5, 0.6) is 5.75 Å². The number of aromatic nitrogens is 1. The van der Waals surface area contributed by atoms with Gasteiger partial charge in [-0.15, -0.1) is 0 Å². The summed E-state index contributed by atoms with van der Waals surface area (Å²) in [6.07, 6.45) is 1.98. The molecule has 4 nitrogen and oxygen atoms in total. The van der Waals surface area contributed by atoms with E-state index in [0.29, 0.717) is 11.9 Å². The molecule has 0 radical (unpaired) electrons. The minimum Gasteiger partial charge on any atom is -0.486 e. The highest BCUT2D eigenvalue weighted by molar-refractivity contribution is 5.32. The largest absolute Gasteiger partial charge is 0.486 e. The minimum atomic E-state index is 0.315. The summed E-state index contributed by atoms with van der Waals surface area (Å²) in [6.45, 7) is 1.98. The van der Waals surface area contributed by atoms with Crippen LogP contribution in [0.25, 0.3) is 0 Å². The van der Waals surface area contributed by atoms with Crippen molar-refractivity contribution in [1.29, 1.82) is 0 Å². The van der Waals surface area contributed by atoms with Crippen LogP contribution in [-0.2, 0) is 0 Å². The summed E-state index contributed by atoms with van der Waals surface area (Å²) in [5.74, 6) is 1.32. The fourth-order valence-corrected chi connectivity index (χ4v) is 1.37. The number of anilines is 1. The molecule has 2 heterocycles. The van der Waals surface area contributed by atoms with Crippen LogP contribution in [0.1, 0.15) is 0 Å². The van der Waals surface area contributed by atoms with Crippen LogP contribution in [0.15, 0.2) is 18.3 Å². The first kappa shape index (κ1) is 8.31. The highest BCUT2D eigenvalue weighted by Crippen LogP contribution is 2.16. The van der Waals surface area contributed by atoms with Gasteiger partial charge in [-0.1, -0.05) is 0 Å². The Balaban J connectivity index is 1.91. The number of likely N-dealkylation sites (tertiary alicyclic amines) is 1. The van der Waals surface area contributed by atoms with Crippen molar-refractivity contribution in [3.05, 3.63) is 18.3 Å². The monoisotopic (exact) mass is 179 g/mol. The number of pyridine rings is 1. The Labute approximate surface area is 77.3 Å². The minimum absolute atomic E-state index is 0.315. The van der Waals surface area contributed by atoms with Crippen molar-refractivity contribution < 1.29 is 4.74 Å². The summed E-state index contributed by atoms with van der Waals surface area (Å²) in [4.78, 5) is 6.15. The first-order valence-corrected chi connectivity index (χ1v) is 4.31. The third-order valence-electron chi connectivity index (χ3n) is 2.09. The Morgan fingerprint density at radius 3 is 2.85 bits per heavy atom. The Morgan fingerprint density at radius 1 is 1.54 bits per heavy atom. The maximum Gasteiger partial charge on any atom is 0.138 e. The third-order valence-corrected chi connectivity index (χ3v) is 2.09. The van der Waals surface area contributed by atoms with E-state index in [4.69, 9.17) is 10.5 Å². The molecule has 70 valence electrons. The van der Waals surface area contributed by atoms with Gasteiger partial charge in [0.05, 0.1) is 6.20 Å². The lowest BCUT2D eigenvalue weighted by molar-refractivity contribution is 0.0386. The topological polar surface area (TPSA) is 51.4 Å². The van der Waals surface area contributed by atoms with Crippen molar-refractivity contribution in [3.8, 4) is 5.75 Å². The number of hydrogen-bond donors (Lipinski definition) is 1. The lowest BCUT2D eigenvalue weighted by atomic mass is 10.2. The lowest BCUT2D eigenvalue weighted by Gasteiger charge is -2.35. The van der Waals surface area contributed by atoms with E-state index >= 15 is 0 Å². The zero-order valence-corrected chi connectivity index (χ0v) is 7.60. The molecule has 0 amide bonds. The van der Waals surface area contributed by atoms with E-state index in [9.17, 15) is 0 Å². The van der Waals surface area contributed by atoms with Gasteiger partial charge in [0, 0.05) is 13.1 Å². The molecule has 0 aliphatic carbocycles. The van der Waals surface area contributed by atoms with Gasteiger partial charge in [0.2, 0.25) is 0 Å². The van der Waals surface area contributed by atoms with Gasteiger partial charge < -0.3 is 10.5 Å². The van der Waals surface area contributed by atoms with Gasteiger partial charge in [0.1, 0.15) is 17.7 Å². The van der Waals surface area contributed by atoms with E-state index in [0.717, 1.165) is 18.8 Å². The Bertz CT molecular complexity index is 279. The van der Waals surface area contributed by atoms with Crippen LogP contribution in [0.3, 0.4) is 0 Å². The highest BCUT2D eigenvalue weighted by Gasteiger charge is 2.24. The molecule has 1 saturated heterocycles. The fraction of sp³-hybridized carbons (Fsp3) is 0.444. The van der Waals surface area contributed by atoms with E-state index in [-0.39, 0.29) is 0 Å². The number of nitrogens with two attached hydrogens (primary N) is 1. The SMILES string of the molecule is CN1CC(Oc2ccc(N)nc2)C1. The average molecular weight is 179 g/mol. The first-order valence-electron chi connectivity index (χ1n) is 4.31. The Morgan fingerprint density at radius 2 is 2.31 bits per heavy atom. The number of ether oxygens (including phenoxy) is 1. The van der Waals surface area contributed by atoms with Gasteiger partial charge in [0.15, 0.2) is 0 Å². The third kappa shape index (κ3) is 1.89. The molecule has 0 bridgehead atoms. The Hall–Kier alpha value is -1.29. The summed E-state index contributed by atoms with van der Waals surface area (Å²) in [6, 6.07) is 3.60. The second-order valence-electron chi connectivity index (χ2n) is 3.38. The maximum absolute atomic E-state index is 5.62. The van der Waals surface area contributed by atoms with Crippen molar-refractivity contribution in [2.45, 2.75) is 6.10 Å². The van der Waals surface area contributed by atoms with Crippen molar-refractivity contribution >= 4 is 5.82 Å². The van der Waals surface area contributed by atoms with Gasteiger partial charge in [0.25, 0.3) is 0 Å². The maximum atomic E-state index is 5.62. The van der Waals surface area contributed by atoms with E-state index in [1.165, 1.54) is 0 Å². The molecule has 4 heteroatoms. The normalized spacial score (nSPS) is 18.2. The predicted molar refractivity (Wildman–Crippen MR) is 50.6 cm³/mol. The number of likely N-dealkylation sites (N-methyl/N-ethyl adjacent to an activating group) is 1. The molecule has 0 atom stereocenters. The molecule has 2 rings (SSSR count). The summed E-state index contributed by atoms with van der Waals surface area (Å²) < 4.78 is 5.62. The van der Waals surface area contributed by atoms with Crippen LogP contribution in [0, 0.1) is 0 Å². The van der Waals surface area contributed by atoms with Gasteiger partial charge in [-0.25, -0.2) is 4.98 Å². The summed E-state index contributed by atoms with van der Waals surface area (Å²) in [7, 11) is 2.07. The summed E-state index contributed by atoms with van der Waals surface area (Å²) >= 11 is 0. The van der Waals surface area contributed by atoms with Crippen LogP contribution >= 0.6 is 0 Å². The summed E-state index contributed by atoms with van der Waals surface area (Å²) in [5.41, 5.74) is 5.45. The quantitative estimate of drug-likeness (QED) is 0.712. The first-order chi connectivity index (χ1) is 6.24. The molecule has 1 aromatic rings. The van der Waals surface area contributed by atoms with E-state index in [1.54, 1.807) is 12.3 Å². The molecule has 0 spiro atoms. The molecule has 0 aromatic carbocycles. The second-order valence-corrected chi connectivity index (χ2v) is 3.38. The van der Waals surface area contributed by atoms with E-state index in [2.05, 4.69) is 16.9 Å². The average Bonchev–Trinajstić information content (AvgIpc) is 2.06. The van der Waals surface area contributed by atoms with Gasteiger partial charge in [-0.05, 0) is 19.2 Å². The molecule has 1 aromatic heterocycles. The molecule has 1 fully saturated rings. The Kier molecular flexibility index (Phi) is 2.06. The van der Waals surface area contributed by atoms with Crippen LogP contribution in [0.4, 0.5) is 5.82 Å². The second kappa shape index (κ2) is 3.22. The van der Waals surface area contributed by atoms with Crippen LogP contribution in [0.2, 0.25) is 0 Å². The predicted octanol–water partition coefficient (Wildman–Crippen LogP) is 0.357. The van der Waals surface area contributed by atoms with Crippen LogP contribution in [-0.4, -0.2) is 36.1 Å². The molecular weight excluding hydrogens is 166 g/mol. The number of nitrogens with zero attached hydrogens (tertiary/aromatic N) is 2. The fourth-order valence-electron chi connectivity index (χ4n) is 1.37. The smallest absolute Gasteiger partial charge is 0.138 e. The van der Waals surface area contributed by atoms with Gasteiger partial charge in [-0.3, -0.25) is 4.90 Å². The van der Waals surface area contributed by atoms with Gasteiger partial charge in [-0.2, -0.15) is 0 Å². The zero-order valence-electron chi connectivity index (χ0n) is 7.60. The van der Waals surface area contributed by atoms with Crippen LogP contribution < -0.4 is 10.5 Å². The number of rotatable bonds is 2. The van der Waals surface area contributed by atoms with Crippen molar-refractivity contribution in [2.75, 3.05) is 25.9 Å². The zero-order chi connectivity index (χ0) is 9.26. The molecule has 13 heavy (non-hydrogen) atoms. The number of hydrogen-bond acceptors (Lipinski definition) is 4. The standard InChI is InChI=1S/C9H13N3O/c1-12-5-8(6-12)13-7-2-3-9(10)11-4-7/h2-4,8H,5-6H2,1H3,(H2,10,11). The molecule has 1 aliphatic rings. The van der Waals surface area contributed by atoms with E-state index in [1.807, 2.05) is 6.07 Å². The summed E-state index contributed by atoms with van der Waals surface area (Å²) in [5, 5.41) is 0. The lowest BCUT2D eigenvalue weighted by Crippen LogP contribution is -2.51. The molecular formula is C9H13N3O. The van der Waals surface area contributed by atoms with Gasteiger partial charge >= 0.3 is 0 Å². The van der Waals surface area contributed by atoms with E-state index < -0.39 is 0 Å². The molecule has 1 aliphatic heterocycles. The molecule has 0 saturated carbocycles.